The fourth-order valence-corrected chi connectivity index (χ4v) is 1.97. The summed E-state index contributed by atoms with van der Waals surface area (Å²) < 4.78 is 43.9. The highest BCUT2D eigenvalue weighted by atomic mass is 19.4. The summed E-state index contributed by atoms with van der Waals surface area (Å²) in [6, 6.07) is 2.63. The van der Waals surface area contributed by atoms with Crippen LogP contribution in [0.25, 0.3) is 0 Å². The van der Waals surface area contributed by atoms with Gasteiger partial charge < -0.3 is 9.84 Å². The molecule has 0 aliphatic carbocycles. The number of halogens is 3. The summed E-state index contributed by atoms with van der Waals surface area (Å²) in [6.07, 6.45) is -3.14. The Kier molecular flexibility index (Phi) is 4.11. The van der Waals surface area contributed by atoms with Gasteiger partial charge in [-0.2, -0.15) is 18.3 Å². The average Bonchev–Trinajstić information content (AvgIpc) is 2.80. The van der Waals surface area contributed by atoms with Crippen molar-refractivity contribution in [3.05, 3.63) is 46.8 Å². The minimum atomic E-state index is -4.50. The number of nitrogens with zero attached hydrogens (tertiary/aromatic N) is 2. The number of aryl methyl sites for hydroxylation is 1. The van der Waals surface area contributed by atoms with Crippen LogP contribution in [0.4, 0.5) is 13.2 Å². The predicted octanol–water partition coefficient (Wildman–Crippen LogP) is 2.75. The van der Waals surface area contributed by atoms with Crippen LogP contribution in [0.1, 0.15) is 27.2 Å². The van der Waals surface area contributed by atoms with Gasteiger partial charge in [-0.25, -0.2) is 4.79 Å². The van der Waals surface area contributed by atoms with Crippen molar-refractivity contribution in [2.45, 2.75) is 19.6 Å². The SMILES string of the molecule is COC(=O)c1cn(Cc2cc(C(F)(F)F)ccc2O)nc1C. The van der Waals surface area contributed by atoms with Crippen LogP contribution < -0.4 is 0 Å². The molecule has 0 saturated carbocycles. The van der Waals surface area contributed by atoms with Gasteiger partial charge in [0.05, 0.1) is 24.9 Å². The van der Waals surface area contributed by atoms with Crippen LogP contribution >= 0.6 is 0 Å². The third-order valence-corrected chi connectivity index (χ3v) is 3.09. The molecule has 2 rings (SSSR count). The zero-order chi connectivity index (χ0) is 16.5. The van der Waals surface area contributed by atoms with Crippen LogP contribution in [0, 0.1) is 6.92 Å². The van der Waals surface area contributed by atoms with Crippen molar-refractivity contribution in [1.82, 2.24) is 9.78 Å². The van der Waals surface area contributed by atoms with E-state index in [4.69, 9.17) is 0 Å². The summed E-state index contributed by atoms with van der Waals surface area (Å²) in [5.74, 6) is -0.863. The van der Waals surface area contributed by atoms with Crippen molar-refractivity contribution in [1.29, 1.82) is 0 Å². The summed E-state index contributed by atoms with van der Waals surface area (Å²) in [6.45, 7) is 1.47. The number of benzene rings is 1. The van der Waals surface area contributed by atoms with Crippen molar-refractivity contribution in [3.8, 4) is 5.75 Å². The Balaban J connectivity index is 2.33. The van der Waals surface area contributed by atoms with E-state index in [2.05, 4.69) is 9.84 Å². The van der Waals surface area contributed by atoms with Crippen molar-refractivity contribution >= 4 is 5.97 Å². The summed E-state index contributed by atoms with van der Waals surface area (Å²) in [5.41, 5.74) is -0.210. The maximum atomic E-state index is 12.7. The van der Waals surface area contributed by atoms with E-state index in [0.717, 1.165) is 18.2 Å². The molecule has 0 spiro atoms. The number of ether oxygens (including phenoxy) is 1. The molecule has 2 aromatic rings. The second-order valence-corrected chi connectivity index (χ2v) is 4.66. The van der Waals surface area contributed by atoms with Gasteiger partial charge in [-0.15, -0.1) is 0 Å². The van der Waals surface area contributed by atoms with Crippen LogP contribution in [0.15, 0.2) is 24.4 Å². The van der Waals surface area contributed by atoms with Gasteiger partial charge in [0, 0.05) is 11.8 Å². The number of aromatic hydroxyl groups is 1. The Hall–Kier alpha value is -2.51. The molecule has 0 radical (unpaired) electrons. The average molecular weight is 314 g/mol. The quantitative estimate of drug-likeness (QED) is 0.885. The molecule has 0 saturated heterocycles. The van der Waals surface area contributed by atoms with Crippen molar-refractivity contribution in [2.24, 2.45) is 0 Å². The lowest BCUT2D eigenvalue weighted by atomic mass is 10.1. The van der Waals surface area contributed by atoms with E-state index >= 15 is 0 Å². The van der Waals surface area contributed by atoms with E-state index in [-0.39, 0.29) is 23.4 Å². The van der Waals surface area contributed by atoms with Crippen molar-refractivity contribution in [3.63, 3.8) is 0 Å². The fourth-order valence-electron chi connectivity index (χ4n) is 1.97. The van der Waals surface area contributed by atoms with Gasteiger partial charge in [-0.3, -0.25) is 4.68 Å². The number of carbonyl (C=O) groups is 1. The Morgan fingerprint density at radius 3 is 2.68 bits per heavy atom. The molecule has 0 fully saturated rings. The number of phenols is 1. The first kappa shape index (κ1) is 15.9. The van der Waals surface area contributed by atoms with Gasteiger partial charge in [0.25, 0.3) is 0 Å². The van der Waals surface area contributed by atoms with Gasteiger partial charge in [0.1, 0.15) is 11.3 Å². The highest BCUT2D eigenvalue weighted by molar-refractivity contribution is 5.90. The number of methoxy groups -OCH3 is 1. The smallest absolute Gasteiger partial charge is 0.416 e. The standard InChI is InChI=1S/C14H13F3N2O3/c1-8-11(13(21)22-2)7-19(18-8)6-9-5-10(14(15,16)17)3-4-12(9)20/h3-5,7,20H,6H2,1-2H3. The largest absolute Gasteiger partial charge is 0.508 e. The molecule has 1 aromatic carbocycles. The Morgan fingerprint density at radius 1 is 1.41 bits per heavy atom. The number of aromatic nitrogens is 2. The second-order valence-electron chi connectivity index (χ2n) is 4.66. The van der Waals surface area contributed by atoms with Crippen LogP contribution in [0.2, 0.25) is 0 Å². The molecule has 0 unspecified atom stereocenters. The molecule has 22 heavy (non-hydrogen) atoms. The molecule has 0 bridgehead atoms. The van der Waals surface area contributed by atoms with Gasteiger partial charge in [-0.05, 0) is 25.1 Å². The molecule has 8 heteroatoms. The molecule has 0 amide bonds. The van der Waals surface area contributed by atoms with Gasteiger partial charge in [-0.1, -0.05) is 0 Å². The van der Waals surface area contributed by atoms with E-state index in [1.165, 1.54) is 18.0 Å². The second kappa shape index (κ2) is 5.70. The van der Waals surface area contributed by atoms with E-state index in [1.807, 2.05) is 0 Å². The van der Waals surface area contributed by atoms with E-state index in [0.29, 0.717) is 5.69 Å². The third-order valence-electron chi connectivity index (χ3n) is 3.09. The number of hydrogen-bond donors (Lipinski definition) is 1. The number of hydrogen-bond acceptors (Lipinski definition) is 4. The predicted molar refractivity (Wildman–Crippen MR) is 70.5 cm³/mol. The maximum absolute atomic E-state index is 12.7. The molecular weight excluding hydrogens is 301 g/mol. The van der Waals surface area contributed by atoms with Crippen molar-refractivity contribution < 1.29 is 27.8 Å². The van der Waals surface area contributed by atoms with Crippen LogP contribution in [0.3, 0.4) is 0 Å². The molecule has 0 aliphatic heterocycles. The highest BCUT2D eigenvalue weighted by Crippen LogP contribution is 2.32. The Bertz CT molecular complexity index is 708. The third kappa shape index (κ3) is 3.21. The number of phenolic OH excluding ortho intramolecular Hbond substituents is 1. The normalized spacial score (nSPS) is 11.5. The number of rotatable bonds is 3. The molecule has 1 heterocycles. The van der Waals surface area contributed by atoms with Gasteiger partial charge in [0.2, 0.25) is 0 Å². The molecule has 1 aromatic heterocycles. The van der Waals surface area contributed by atoms with Gasteiger partial charge >= 0.3 is 12.1 Å². The van der Waals surface area contributed by atoms with Crippen LogP contribution in [-0.4, -0.2) is 28.0 Å². The first-order valence-electron chi connectivity index (χ1n) is 6.24. The topological polar surface area (TPSA) is 64.3 Å². The fraction of sp³-hybridized carbons (Fsp3) is 0.286. The summed E-state index contributed by atoms with van der Waals surface area (Å²) >= 11 is 0. The van der Waals surface area contributed by atoms with E-state index < -0.39 is 17.7 Å². The van der Waals surface area contributed by atoms with Crippen LogP contribution in [-0.2, 0) is 17.5 Å². The lowest BCUT2D eigenvalue weighted by molar-refractivity contribution is -0.137. The summed E-state index contributed by atoms with van der Waals surface area (Å²) in [5, 5.41) is 13.7. The zero-order valence-corrected chi connectivity index (χ0v) is 11.8. The molecular formula is C14H13F3N2O3. The number of esters is 1. The lowest BCUT2D eigenvalue weighted by Gasteiger charge is -2.10. The zero-order valence-electron chi connectivity index (χ0n) is 11.8. The molecule has 0 atom stereocenters. The summed E-state index contributed by atoms with van der Waals surface area (Å²) in [4.78, 5) is 11.5. The highest BCUT2D eigenvalue weighted by Gasteiger charge is 2.31. The molecule has 5 nitrogen and oxygen atoms in total. The monoisotopic (exact) mass is 314 g/mol. The molecule has 0 aliphatic rings. The molecule has 1 N–H and O–H groups in total. The molecule has 118 valence electrons. The van der Waals surface area contributed by atoms with Crippen LogP contribution in [0.5, 0.6) is 5.75 Å². The first-order valence-corrected chi connectivity index (χ1v) is 6.24. The first-order chi connectivity index (χ1) is 10.2. The Morgan fingerprint density at radius 2 is 2.09 bits per heavy atom. The van der Waals surface area contributed by atoms with Gasteiger partial charge in [0.15, 0.2) is 0 Å². The van der Waals surface area contributed by atoms with Crippen molar-refractivity contribution in [2.75, 3.05) is 7.11 Å². The number of carbonyl (C=O) groups excluding carboxylic acids is 1. The van der Waals surface area contributed by atoms with E-state index in [9.17, 15) is 23.1 Å². The maximum Gasteiger partial charge on any atom is 0.416 e. The van der Waals surface area contributed by atoms with E-state index in [1.54, 1.807) is 6.92 Å². The summed E-state index contributed by atoms with van der Waals surface area (Å²) in [7, 11) is 1.22. The minimum absolute atomic E-state index is 0.0498. The number of alkyl halides is 3. The minimum Gasteiger partial charge on any atom is -0.508 e. The Labute approximate surface area is 123 Å². The lowest BCUT2D eigenvalue weighted by Crippen LogP contribution is -2.07.